The lowest BCUT2D eigenvalue weighted by atomic mass is 10.2. The van der Waals surface area contributed by atoms with Gasteiger partial charge in [-0.15, -0.1) is 0 Å². The Balaban J connectivity index is 2.57. The first kappa shape index (κ1) is 15.9. The van der Waals surface area contributed by atoms with Crippen LogP contribution >= 0.6 is 0 Å². The summed E-state index contributed by atoms with van der Waals surface area (Å²) < 4.78 is 25.9. The molecule has 5 nitrogen and oxygen atoms in total. The monoisotopic (exact) mass is 285 g/mol. The summed E-state index contributed by atoms with van der Waals surface area (Å²) in [5.74, 6) is 0. The molecule has 0 saturated carbocycles. The fourth-order valence-electron chi connectivity index (χ4n) is 1.63. The molecule has 1 rings (SSSR count). The van der Waals surface area contributed by atoms with E-state index in [-0.39, 0.29) is 10.9 Å². The van der Waals surface area contributed by atoms with Crippen molar-refractivity contribution < 1.29 is 8.42 Å². The van der Waals surface area contributed by atoms with Crippen LogP contribution in [0, 0.1) is 0 Å². The quantitative estimate of drug-likeness (QED) is 0.676. The van der Waals surface area contributed by atoms with Gasteiger partial charge in [-0.3, -0.25) is 0 Å². The summed E-state index contributed by atoms with van der Waals surface area (Å²) in [5.41, 5.74) is 6.73. The molecule has 19 heavy (non-hydrogen) atoms. The topological polar surface area (TPSA) is 84.2 Å². The van der Waals surface area contributed by atoms with Crippen molar-refractivity contribution in [3.63, 3.8) is 0 Å². The van der Waals surface area contributed by atoms with Gasteiger partial charge >= 0.3 is 0 Å². The van der Waals surface area contributed by atoms with E-state index in [1.165, 1.54) is 0 Å². The van der Waals surface area contributed by atoms with Gasteiger partial charge in [0.1, 0.15) is 0 Å². The Bertz CT molecular complexity index is 471. The van der Waals surface area contributed by atoms with Crippen molar-refractivity contribution in [1.29, 1.82) is 0 Å². The summed E-state index contributed by atoms with van der Waals surface area (Å²) in [6.07, 6.45) is 1.86. The van der Waals surface area contributed by atoms with Crippen LogP contribution < -0.4 is 15.8 Å². The number of sulfonamides is 1. The number of anilines is 1. The highest BCUT2D eigenvalue weighted by Crippen LogP contribution is 2.13. The molecule has 0 aliphatic carbocycles. The van der Waals surface area contributed by atoms with Crippen LogP contribution in [-0.4, -0.2) is 27.5 Å². The SMILES string of the molecule is CCNS(=O)(=O)c1ccc(NCCC(N)CC)cc1. The minimum atomic E-state index is -3.36. The van der Waals surface area contributed by atoms with Gasteiger partial charge in [0.05, 0.1) is 4.90 Å². The maximum atomic E-state index is 11.7. The van der Waals surface area contributed by atoms with Gasteiger partial charge in [-0.05, 0) is 37.1 Å². The average Bonchev–Trinajstić information content (AvgIpc) is 2.39. The number of benzene rings is 1. The summed E-state index contributed by atoms with van der Waals surface area (Å²) in [4.78, 5) is 0.283. The molecule has 108 valence electrons. The van der Waals surface area contributed by atoms with Crippen molar-refractivity contribution >= 4 is 15.7 Å². The predicted octanol–water partition coefficient (Wildman–Crippen LogP) is 1.52. The molecule has 1 atom stereocenters. The van der Waals surface area contributed by atoms with Crippen LogP contribution in [0.5, 0.6) is 0 Å². The smallest absolute Gasteiger partial charge is 0.240 e. The summed E-state index contributed by atoms with van der Waals surface area (Å²) in [7, 11) is -3.36. The molecule has 1 aromatic rings. The van der Waals surface area contributed by atoms with Crippen LogP contribution in [0.3, 0.4) is 0 Å². The van der Waals surface area contributed by atoms with Crippen molar-refractivity contribution in [3.8, 4) is 0 Å². The van der Waals surface area contributed by atoms with Crippen LogP contribution in [0.2, 0.25) is 0 Å². The third kappa shape index (κ3) is 5.18. The maximum absolute atomic E-state index is 11.7. The third-order valence-corrected chi connectivity index (χ3v) is 4.43. The van der Waals surface area contributed by atoms with Gasteiger partial charge in [0, 0.05) is 24.8 Å². The molecule has 0 amide bonds. The van der Waals surface area contributed by atoms with Crippen molar-refractivity contribution in [1.82, 2.24) is 4.72 Å². The van der Waals surface area contributed by atoms with Crippen molar-refractivity contribution in [2.24, 2.45) is 5.73 Å². The van der Waals surface area contributed by atoms with Crippen molar-refractivity contribution in [3.05, 3.63) is 24.3 Å². The Hall–Kier alpha value is -1.11. The van der Waals surface area contributed by atoms with Gasteiger partial charge in [-0.1, -0.05) is 13.8 Å². The highest BCUT2D eigenvalue weighted by molar-refractivity contribution is 7.89. The molecule has 0 radical (unpaired) electrons. The first-order chi connectivity index (χ1) is 8.99. The van der Waals surface area contributed by atoms with Crippen LogP contribution in [0.4, 0.5) is 5.69 Å². The zero-order valence-corrected chi connectivity index (χ0v) is 12.3. The van der Waals surface area contributed by atoms with E-state index in [2.05, 4.69) is 17.0 Å². The molecule has 0 aliphatic heterocycles. The van der Waals surface area contributed by atoms with Gasteiger partial charge < -0.3 is 11.1 Å². The molecule has 1 aromatic carbocycles. The van der Waals surface area contributed by atoms with Gasteiger partial charge in [0.2, 0.25) is 10.0 Å². The highest BCUT2D eigenvalue weighted by Gasteiger charge is 2.11. The molecular weight excluding hydrogens is 262 g/mol. The van der Waals surface area contributed by atoms with Crippen LogP contribution in [0.25, 0.3) is 0 Å². The molecule has 1 unspecified atom stereocenters. The minimum Gasteiger partial charge on any atom is -0.385 e. The van der Waals surface area contributed by atoms with E-state index in [0.717, 1.165) is 25.1 Å². The molecule has 0 aliphatic rings. The standard InChI is InChI=1S/C13H23N3O2S/c1-3-11(14)9-10-15-12-5-7-13(8-6-12)19(17,18)16-4-2/h5-8,11,15-16H,3-4,9-10,14H2,1-2H3. The van der Waals surface area contributed by atoms with E-state index in [0.29, 0.717) is 6.54 Å². The van der Waals surface area contributed by atoms with E-state index < -0.39 is 10.0 Å². The normalized spacial score (nSPS) is 13.2. The predicted molar refractivity (Wildman–Crippen MR) is 78.7 cm³/mol. The number of hydrogen-bond acceptors (Lipinski definition) is 4. The lowest BCUT2D eigenvalue weighted by Crippen LogP contribution is -2.23. The molecular formula is C13H23N3O2S. The number of rotatable bonds is 8. The largest absolute Gasteiger partial charge is 0.385 e. The van der Waals surface area contributed by atoms with Crippen molar-refractivity contribution in [2.45, 2.75) is 37.6 Å². The second-order valence-corrected chi connectivity index (χ2v) is 6.18. The number of nitrogens with one attached hydrogen (secondary N) is 2. The molecule has 0 saturated heterocycles. The minimum absolute atomic E-state index is 0.209. The summed E-state index contributed by atoms with van der Waals surface area (Å²) >= 11 is 0. The molecule has 0 aromatic heterocycles. The van der Waals surface area contributed by atoms with Crippen molar-refractivity contribution in [2.75, 3.05) is 18.4 Å². The fraction of sp³-hybridized carbons (Fsp3) is 0.538. The lowest BCUT2D eigenvalue weighted by Gasteiger charge is -2.11. The fourth-order valence-corrected chi connectivity index (χ4v) is 2.67. The Morgan fingerprint density at radius 2 is 1.84 bits per heavy atom. The first-order valence-electron chi connectivity index (χ1n) is 6.58. The number of nitrogens with two attached hydrogens (primary N) is 1. The summed E-state index contributed by atoms with van der Waals surface area (Å²) in [6.45, 7) is 4.99. The highest BCUT2D eigenvalue weighted by atomic mass is 32.2. The zero-order valence-electron chi connectivity index (χ0n) is 11.5. The van der Waals surface area contributed by atoms with Crippen LogP contribution in [-0.2, 0) is 10.0 Å². The molecule has 4 N–H and O–H groups in total. The van der Waals surface area contributed by atoms with E-state index in [9.17, 15) is 8.42 Å². The lowest BCUT2D eigenvalue weighted by molar-refractivity contribution is 0.584. The molecule has 6 heteroatoms. The van der Waals surface area contributed by atoms with Crippen LogP contribution in [0.15, 0.2) is 29.2 Å². The molecule has 0 fully saturated rings. The van der Waals surface area contributed by atoms with Gasteiger partial charge in [-0.25, -0.2) is 13.1 Å². The zero-order chi connectivity index (χ0) is 14.3. The Kier molecular flexibility index (Phi) is 6.27. The van der Waals surface area contributed by atoms with E-state index in [1.54, 1.807) is 31.2 Å². The maximum Gasteiger partial charge on any atom is 0.240 e. The average molecular weight is 285 g/mol. The van der Waals surface area contributed by atoms with Crippen LogP contribution in [0.1, 0.15) is 26.7 Å². The molecule has 0 heterocycles. The second kappa shape index (κ2) is 7.47. The third-order valence-electron chi connectivity index (χ3n) is 2.87. The molecule has 0 bridgehead atoms. The van der Waals surface area contributed by atoms with Gasteiger partial charge in [-0.2, -0.15) is 0 Å². The first-order valence-corrected chi connectivity index (χ1v) is 8.07. The van der Waals surface area contributed by atoms with E-state index in [4.69, 9.17) is 5.73 Å². The van der Waals surface area contributed by atoms with Gasteiger partial charge in [0.15, 0.2) is 0 Å². The Morgan fingerprint density at radius 1 is 1.21 bits per heavy atom. The Labute approximate surface area is 115 Å². The summed E-state index contributed by atoms with van der Waals surface area (Å²) in [6, 6.07) is 6.93. The Morgan fingerprint density at radius 3 is 2.37 bits per heavy atom. The molecule has 0 spiro atoms. The number of hydrogen-bond donors (Lipinski definition) is 3. The van der Waals surface area contributed by atoms with E-state index in [1.807, 2.05) is 0 Å². The van der Waals surface area contributed by atoms with Gasteiger partial charge in [0.25, 0.3) is 0 Å². The summed E-state index contributed by atoms with van der Waals surface area (Å²) in [5, 5.41) is 3.23. The van der Waals surface area contributed by atoms with E-state index >= 15 is 0 Å². The second-order valence-electron chi connectivity index (χ2n) is 4.41.